The highest BCUT2D eigenvalue weighted by molar-refractivity contribution is 14.1. The van der Waals surface area contributed by atoms with Gasteiger partial charge in [-0.25, -0.2) is 4.98 Å². The lowest BCUT2D eigenvalue weighted by Crippen LogP contribution is -2.47. The lowest BCUT2D eigenvalue weighted by molar-refractivity contribution is 0.0195. The predicted molar refractivity (Wildman–Crippen MR) is 116 cm³/mol. The molecule has 0 spiro atoms. The van der Waals surface area contributed by atoms with E-state index in [-0.39, 0.29) is 11.8 Å². The van der Waals surface area contributed by atoms with E-state index in [1.807, 2.05) is 25.1 Å². The van der Waals surface area contributed by atoms with Crippen LogP contribution in [-0.2, 0) is 13.0 Å². The number of amides is 1. The average Bonchev–Trinajstić information content (AvgIpc) is 2.70. The lowest BCUT2D eigenvalue weighted by atomic mass is 9.86. The summed E-state index contributed by atoms with van der Waals surface area (Å²) in [6.07, 6.45) is 0.940. The zero-order valence-corrected chi connectivity index (χ0v) is 18.1. The molecule has 7 heteroatoms. The molecule has 0 saturated carbocycles. The molecule has 1 saturated heterocycles. The molecule has 2 aromatic rings. The van der Waals surface area contributed by atoms with Gasteiger partial charge in [0.1, 0.15) is 9.26 Å². The molecular weight excluding hydrogens is 469 g/mol. The van der Waals surface area contributed by atoms with Gasteiger partial charge in [0.25, 0.3) is 5.91 Å². The molecule has 28 heavy (non-hydrogen) atoms. The number of ether oxygens (including phenoxy) is 1. The van der Waals surface area contributed by atoms with Crippen molar-refractivity contribution in [3.63, 3.8) is 0 Å². The van der Waals surface area contributed by atoms with Crippen LogP contribution in [0.15, 0.2) is 36.4 Å². The third-order valence-corrected chi connectivity index (χ3v) is 5.77. The maximum Gasteiger partial charge on any atom is 0.259 e. The highest BCUT2D eigenvalue weighted by Gasteiger charge is 2.32. The summed E-state index contributed by atoms with van der Waals surface area (Å²) < 4.78 is 6.32. The van der Waals surface area contributed by atoms with Crippen LogP contribution in [0.25, 0.3) is 0 Å². The minimum Gasteiger partial charge on any atom is -0.477 e. The van der Waals surface area contributed by atoms with Crippen molar-refractivity contribution in [2.24, 2.45) is 11.7 Å². The monoisotopic (exact) mass is 495 g/mol. The number of halogens is 1. The second-order valence-corrected chi connectivity index (χ2v) is 8.07. The van der Waals surface area contributed by atoms with E-state index >= 15 is 0 Å². The van der Waals surface area contributed by atoms with Crippen LogP contribution in [-0.4, -0.2) is 46.7 Å². The molecule has 1 aromatic carbocycles. The van der Waals surface area contributed by atoms with Gasteiger partial charge in [-0.1, -0.05) is 24.3 Å². The van der Waals surface area contributed by atoms with Crippen molar-refractivity contribution in [1.29, 1.82) is 0 Å². The van der Waals surface area contributed by atoms with Gasteiger partial charge in [0.05, 0.1) is 12.7 Å². The SMILES string of the molecule is CCOc1nc(I)ccc1C(=O)N1CCC(Cc2ccccc2CN)[C@H](O)C1. The Morgan fingerprint density at radius 1 is 1.32 bits per heavy atom. The Morgan fingerprint density at radius 2 is 2.07 bits per heavy atom. The van der Waals surface area contributed by atoms with Crippen molar-refractivity contribution in [2.45, 2.75) is 32.4 Å². The van der Waals surface area contributed by atoms with E-state index in [0.29, 0.717) is 37.7 Å². The summed E-state index contributed by atoms with van der Waals surface area (Å²) in [5.41, 5.74) is 8.56. The van der Waals surface area contributed by atoms with Gasteiger partial charge in [-0.15, -0.1) is 0 Å². The standard InChI is InChI=1S/C21H26IN3O3/c1-2-28-20-17(7-8-19(22)24-20)21(27)25-10-9-15(18(26)13-25)11-14-5-3-4-6-16(14)12-23/h3-8,15,18,26H,2,9-13,23H2,1H3/t15?,18-/m1/s1. The van der Waals surface area contributed by atoms with Crippen LogP contribution in [0, 0.1) is 9.62 Å². The quantitative estimate of drug-likeness (QED) is 0.475. The van der Waals surface area contributed by atoms with Gasteiger partial charge in [0.15, 0.2) is 0 Å². The number of aliphatic hydroxyl groups is 1. The third-order valence-electron chi connectivity index (χ3n) is 5.17. The molecule has 1 fully saturated rings. The number of aromatic nitrogens is 1. The molecule has 2 heterocycles. The molecule has 0 bridgehead atoms. The third kappa shape index (κ3) is 4.82. The van der Waals surface area contributed by atoms with Crippen LogP contribution in [0.3, 0.4) is 0 Å². The highest BCUT2D eigenvalue weighted by atomic mass is 127. The number of β-amino-alcohol motifs (C(OH)–C–C–N with tert-alkyl or cyclic N) is 1. The Bertz CT molecular complexity index is 830. The van der Waals surface area contributed by atoms with E-state index in [2.05, 4.69) is 33.6 Å². The Hall–Kier alpha value is -1.71. The maximum absolute atomic E-state index is 13.0. The van der Waals surface area contributed by atoms with Crippen molar-refractivity contribution < 1.29 is 14.6 Å². The number of benzene rings is 1. The molecule has 1 aliphatic heterocycles. The summed E-state index contributed by atoms with van der Waals surface area (Å²) in [7, 11) is 0. The number of likely N-dealkylation sites (tertiary alicyclic amines) is 1. The highest BCUT2D eigenvalue weighted by Crippen LogP contribution is 2.27. The maximum atomic E-state index is 13.0. The average molecular weight is 495 g/mol. The van der Waals surface area contributed by atoms with Gasteiger partial charge >= 0.3 is 0 Å². The van der Waals surface area contributed by atoms with Crippen molar-refractivity contribution in [3.05, 3.63) is 56.8 Å². The molecule has 0 radical (unpaired) electrons. The van der Waals surface area contributed by atoms with E-state index in [1.165, 1.54) is 5.56 Å². The first-order valence-electron chi connectivity index (χ1n) is 9.57. The number of nitrogens with two attached hydrogens (primary N) is 1. The first-order valence-corrected chi connectivity index (χ1v) is 10.6. The minimum absolute atomic E-state index is 0.109. The van der Waals surface area contributed by atoms with Crippen LogP contribution in [0.1, 0.15) is 34.8 Å². The zero-order chi connectivity index (χ0) is 20.1. The zero-order valence-electron chi connectivity index (χ0n) is 16.0. The van der Waals surface area contributed by atoms with Gasteiger partial charge in [0, 0.05) is 19.6 Å². The number of carbonyl (C=O) groups is 1. The fourth-order valence-corrected chi connectivity index (χ4v) is 4.04. The Kier molecular flexibility index (Phi) is 7.25. The van der Waals surface area contributed by atoms with E-state index in [1.54, 1.807) is 17.0 Å². The van der Waals surface area contributed by atoms with E-state index in [0.717, 1.165) is 22.1 Å². The first kappa shape index (κ1) is 21.0. The second-order valence-electron chi connectivity index (χ2n) is 6.96. The summed E-state index contributed by atoms with van der Waals surface area (Å²) in [5, 5.41) is 10.7. The number of hydrogen-bond donors (Lipinski definition) is 2. The number of piperidine rings is 1. The number of aliphatic hydroxyl groups excluding tert-OH is 1. The van der Waals surface area contributed by atoms with Crippen molar-refractivity contribution in [1.82, 2.24) is 9.88 Å². The molecule has 2 atom stereocenters. The van der Waals surface area contributed by atoms with E-state index in [9.17, 15) is 9.90 Å². The number of nitrogens with zero attached hydrogens (tertiary/aromatic N) is 2. The van der Waals surface area contributed by atoms with Gasteiger partial charge in [0.2, 0.25) is 5.88 Å². The minimum atomic E-state index is -0.573. The predicted octanol–water partition coefficient (Wildman–Crippen LogP) is 2.61. The molecular formula is C21H26IN3O3. The first-order chi connectivity index (χ1) is 13.5. The topological polar surface area (TPSA) is 88.7 Å². The smallest absolute Gasteiger partial charge is 0.259 e. The summed E-state index contributed by atoms with van der Waals surface area (Å²) >= 11 is 2.10. The van der Waals surface area contributed by atoms with Crippen LogP contribution < -0.4 is 10.5 Å². The van der Waals surface area contributed by atoms with Crippen LogP contribution in [0.4, 0.5) is 0 Å². The summed E-state index contributed by atoms with van der Waals surface area (Å²) in [4.78, 5) is 19.0. The fraction of sp³-hybridized carbons (Fsp3) is 0.429. The summed E-state index contributed by atoms with van der Waals surface area (Å²) in [5.74, 6) is 0.318. The number of hydrogen-bond acceptors (Lipinski definition) is 5. The molecule has 1 amide bonds. The van der Waals surface area contributed by atoms with E-state index < -0.39 is 6.10 Å². The Morgan fingerprint density at radius 3 is 2.75 bits per heavy atom. The van der Waals surface area contributed by atoms with Gasteiger partial charge in [-0.3, -0.25) is 4.79 Å². The van der Waals surface area contributed by atoms with Gasteiger partial charge < -0.3 is 20.5 Å². The van der Waals surface area contributed by atoms with Crippen LogP contribution in [0.2, 0.25) is 0 Å². The van der Waals surface area contributed by atoms with Crippen LogP contribution in [0.5, 0.6) is 5.88 Å². The molecule has 1 aliphatic rings. The molecule has 1 unspecified atom stereocenters. The van der Waals surface area contributed by atoms with Gasteiger partial charge in [-0.2, -0.15) is 0 Å². The van der Waals surface area contributed by atoms with E-state index in [4.69, 9.17) is 10.5 Å². The summed E-state index contributed by atoms with van der Waals surface area (Å²) in [6, 6.07) is 11.6. The fourth-order valence-electron chi connectivity index (χ4n) is 3.64. The molecule has 3 rings (SSSR count). The normalized spacial score (nSPS) is 19.5. The summed E-state index contributed by atoms with van der Waals surface area (Å²) in [6.45, 7) is 3.71. The molecule has 1 aromatic heterocycles. The Labute approximate surface area is 179 Å². The van der Waals surface area contributed by atoms with Crippen LogP contribution >= 0.6 is 22.6 Å². The number of carbonyl (C=O) groups excluding carboxylic acids is 1. The van der Waals surface area contributed by atoms with Crippen molar-refractivity contribution in [2.75, 3.05) is 19.7 Å². The number of pyridine rings is 1. The molecule has 3 N–H and O–H groups in total. The number of rotatable bonds is 6. The second kappa shape index (κ2) is 9.67. The molecule has 150 valence electrons. The van der Waals surface area contributed by atoms with Gasteiger partial charge in [-0.05, 0) is 71.5 Å². The van der Waals surface area contributed by atoms with Crippen molar-refractivity contribution in [3.8, 4) is 5.88 Å². The van der Waals surface area contributed by atoms with Crippen molar-refractivity contribution >= 4 is 28.5 Å². The largest absolute Gasteiger partial charge is 0.477 e. The lowest BCUT2D eigenvalue weighted by Gasteiger charge is -2.36. The molecule has 6 nitrogen and oxygen atoms in total. The molecule has 0 aliphatic carbocycles. The Balaban J connectivity index is 1.69.